The minimum atomic E-state index is -0.0753. The monoisotopic (exact) mass is 419 g/mol. The molecule has 1 aliphatic rings. The minimum Gasteiger partial charge on any atom is -0.496 e. The summed E-state index contributed by atoms with van der Waals surface area (Å²) in [7, 11) is 1.65. The van der Waals surface area contributed by atoms with Crippen LogP contribution in [0.1, 0.15) is 41.0 Å². The number of H-pyrrole nitrogens is 1. The lowest BCUT2D eigenvalue weighted by Gasteiger charge is -2.31. The van der Waals surface area contributed by atoms with E-state index >= 15 is 0 Å². The Hall–Kier alpha value is -2.99. The molecule has 1 N–H and O–H groups in total. The number of carbonyl (C=O) groups is 1. The highest BCUT2D eigenvalue weighted by molar-refractivity contribution is 5.98. The van der Waals surface area contributed by atoms with Crippen LogP contribution in [0.25, 0.3) is 10.9 Å². The maximum Gasteiger partial charge on any atom is 0.258 e. The molecule has 31 heavy (non-hydrogen) atoms. The van der Waals surface area contributed by atoms with Gasteiger partial charge in [-0.1, -0.05) is 12.1 Å². The molecule has 0 amide bonds. The van der Waals surface area contributed by atoms with Crippen LogP contribution in [0.2, 0.25) is 0 Å². The predicted octanol–water partition coefficient (Wildman–Crippen LogP) is 3.77. The van der Waals surface area contributed by atoms with Gasteiger partial charge in [0.25, 0.3) is 5.56 Å². The molecule has 1 aliphatic heterocycles. The Morgan fingerprint density at radius 2 is 1.97 bits per heavy atom. The standard InChI is InChI=1S/C25H29N3O3/c1-17-16-19(9-10-22(17)31-2)24(29)18-11-14-28(15-12-18)13-5-8-23-26-21-7-4-3-6-20(21)25(30)27-23/h3-4,6-7,9-10,16,18H,5,8,11-15H2,1-2H3,(H,26,27,30). The van der Waals surface area contributed by atoms with Crippen LogP contribution in [0.3, 0.4) is 0 Å². The second-order valence-corrected chi connectivity index (χ2v) is 8.30. The number of hydrogen-bond acceptors (Lipinski definition) is 5. The van der Waals surface area contributed by atoms with E-state index in [4.69, 9.17) is 4.74 Å². The van der Waals surface area contributed by atoms with Crippen molar-refractivity contribution in [2.75, 3.05) is 26.7 Å². The largest absolute Gasteiger partial charge is 0.496 e. The molecule has 1 fully saturated rings. The molecule has 3 aromatic rings. The van der Waals surface area contributed by atoms with Crippen molar-refractivity contribution in [3.05, 3.63) is 69.8 Å². The Morgan fingerprint density at radius 3 is 2.71 bits per heavy atom. The fourth-order valence-electron chi connectivity index (χ4n) is 4.41. The van der Waals surface area contributed by atoms with E-state index < -0.39 is 0 Å². The number of ketones is 1. The molecule has 2 aromatic carbocycles. The molecule has 0 unspecified atom stereocenters. The number of likely N-dealkylation sites (tertiary alicyclic amines) is 1. The second kappa shape index (κ2) is 9.43. The highest BCUT2D eigenvalue weighted by Crippen LogP contribution is 2.25. The molecule has 4 rings (SSSR count). The van der Waals surface area contributed by atoms with E-state index in [-0.39, 0.29) is 17.3 Å². The van der Waals surface area contributed by atoms with Crippen molar-refractivity contribution in [1.29, 1.82) is 0 Å². The number of Topliss-reactive ketones (excluding diaryl/α,β-unsaturated/α-hetero) is 1. The molecular weight excluding hydrogens is 390 g/mol. The number of ether oxygens (including phenoxy) is 1. The Kier molecular flexibility index (Phi) is 6.47. The summed E-state index contributed by atoms with van der Waals surface area (Å²) in [6, 6.07) is 13.1. The summed E-state index contributed by atoms with van der Waals surface area (Å²) in [5.74, 6) is 1.88. The molecule has 1 saturated heterocycles. The van der Waals surface area contributed by atoms with Crippen LogP contribution in [-0.2, 0) is 6.42 Å². The number of nitrogens with zero attached hydrogens (tertiary/aromatic N) is 2. The average Bonchev–Trinajstić information content (AvgIpc) is 2.79. The lowest BCUT2D eigenvalue weighted by atomic mass is 9.88. The van der Waals surface area contributed by atoms with Crippen molar-refractivity contribution in [1.82, 2.24) is 14.9 Å². The lowest BCUT2D eigenvalue weighted by Crippen LogP contribution is -2.37. The Labute approximate surface area is 182 Å². The molecule has 6 heteroatoms. The van der Waals surface area contributed by atoms with Gasteiger partial charge in [0.1, 0.15) is 11.6 Å². The summed E-state index contributed by atoms with van der Waals surface area (Å²) in [6.45, 7) is 4.76. The summed E-state index contributed by atoms with van der Waals surface area (Å²) < 4.78 is 5.29. The highest BCUT2D eigenvalue weighted by Gasteiger charge is 2.26. The first-order valence-corrected chi connectivity index (χ1v) is 10.9. The number of aromatic amines is 1. The van der Waals surface area contributed by atoms with Crippen molar-refractivity contribution in [3.63, 3.8) is 0 Å². The molecule has 6 nitrogen and oxygen atoms in total. The van der Waals surface area contributed by atoms with Gasteiger partial charge in [-0.25, -0.2) is 4.98 Å². The molecule has 1 aromatic heterocycles. The minimum absolute atomic E-state index is 0.0753. The topological polar surface area (TPSA) is 75.3 Å². The molecule has 0 spiro atoms. The van der Waals surface area contributed by atoms with Gasteiger partial charge in [0, 0.05) is 17.9 Å². The van der Waals surface area contributed by atoms with E-state index in [1.54, 1.807) is 13.2 Å². The van der Waals surface area contributed by atoms with Gasteiger partial charge in [0.05, 0.1) is 18.0 Å². The number of methoxy groups -OCH3 is 1. The number of rotatable bonds is 7. The van der Waals surface area contributed by atoms with Crippen molar-refractivity contribution >= 4 is 16.7 Å². The van der Waals surface area contributed by atoms with Crippen LogP contribution < -0.4 is 10.3 Å². The van der Waals surface area contributed by atoms with Crippen LogP contribution in [0, 0.1) is 12.8 Å². The molecule has 2 heterocycles. The van der Waals surface area contributed by atoms with Crippen LogP contribution in [0.15, 0.2) is 47.3 Å². The number of piperidine rings is 1. The first kappa shape index (κ1) is 21.2. The van der Waals surface area contributed by atoms with E-state index in [0.717, 1.165) is 73.5 Å². The number of para-hydroxylation sites is 1. The zero-order chi connectivity index (χ0) is 21.8. The summed E-state index contributed by atoms with van der Waals surface area (Å²) >= 11 is 0. The van der Waals surface area contributed by atoms with Gasteiger partial charge in [-0.15, -0.1) is 0 Å². The number of hydrogen-bond donors (Lipinski definition) is 1. The van der Waals surface area contributed by atoms with E-state index in [0.29, 0.717) is 5.39 Å². The molecule has 0 radical (unpaired) electrons. The first-order valence-electron chi connectivity index (χ1n) is 10.9. The Morgan fingerprint density at radius 1 is 1.19 bits per heavy atom. The van der Waals surface area contributed by atoms with Gasteiger partial charge >= 0.3 is 0 Å². The predicted molar refractivity (Wildman–Crippen MR) is 122 cm³/mol. The number of fused-ring (bicyclic) bond motifs is 1. The normalized spacial score (nSPS) is 15.3. The SMILES string of the molecule is COc1ccc(C(=O)C2CCN(CCCc3nc4ccccc4c(=O)[nH]3)CC2)cc1C. The molecule has 0 aliphatic carbocycles. The van der Waals surface area contributed by atoms with Gasteiger partial charge in [0.2, 0.25) is 0 Å². The van der Waals surface area contributed by atoms with Gasteiger partial charge in [-0.05, 0) is 81.7 Å². The fraction of sp³-hybridized carbons (Fsp3) is 0.400. The first-order chi connectivity index (χ1) is 15.0. The van der Waals surface area contributed by atoms with Crippen molar-refractivity contribution in [2.24, 2.45) is 5.92 Å². The summed E-state index contributed by atoms with van der Waals surface area (Å²) in [5, 5.41) is 0.630. The number of aromatic nitrogens is 2. The van der Waals surface area contributed by atoms with Crippen LogP contribution >= 0.6 is 0 Å². The molecular formula is C25H29N3O3. The van der Waals surface area contributed by atoms with Crippen molar-refractivity contribution in [3.8, 4) is 5.75 Å². The highest BCUT2D eigenvalue weighted by atomic mass is 16.5. The smallest absolute Gasteiger partial charge is 0.258 e. The third kappa shape index (κ3) is 4.85. The van der Waals surface area contributed by atoms with Crippen LogP contribution in [0.5, 0.6) is 5.75 Å². The number of benzene rings is 2. The summed E-state index contributed by atoms with van der Waals surface area (Å²) in [6.07, 6.45) is 3.44. The zero-order valence-electron chi connectivity index (χ0n) is 18.2. The van der Waals surface area contributed by atoms with Crippen molar-refractivity contribution in [2.45, 2.75) is 32.6 Å². The molecule has 0 bridgehead atoms. The third-order valence-corrected chi connectivity index (χ3v) is 6.19. The van der Waals surface area contributed by atoms with Gasteiger partial charge in [-0.3, -0.25) is 9.59 Å². The molecule has 0 saturated carbocycles. The number of carbonyl (C=O) groups excluding carboxylic acids is 1. The van der Waals surface area contributed by atoms with E-state index in [9.17, 15) is 9.59 Å². The van der Waals surface area contributed by atoms with Gasteiger partial charge < -0.3 is 14.6 Å². The Bertz CT molecular complexity index is 1130. The van der Waals surface area contributed by atoms with Gasteiger partial charge in [0.15, 0.2) is 5.78 Å². The maximum atomic E-state index is 12.9. The second-order valence-electron chi connectivity index (χ2n) is 8.30. The lowest BCUT2D eigenvalue weighted by molar-refractivity contribution is 0.0839. The van der Waals surface area contributed by atoms with Crippen molar-refractivity contribution < 1.29 is 9.53 Å². The Balaban J connectivity index is 1.27. The molecule has 0 atom stereocenters. The summed E-state index contributed by atoms with van der Waals surface area (Å²) in [4.78, 5) is 35.0. The summed E-state index contributed by atoms with van der Waals surface area (Å²) in [5.41, 5.74) is 2.44. The van der Waals surface area contributed by atoms with E-state index in [1.807, 2.05) is 43.3 Å². The quantitative estimate of drug-likeness (QED) is 0.590. The maximum absolute atomic E-state index is 12.9. The van der Waals surface area contributed by atoms with Gasteiger partial charge in [-0.2, -0.15) is 0 Å². The number of aryl methyl sites for hydroxylation is 2. The fourth-order valence-corrected chi connectivity index (χ4v) is 4.41. The van der Waals surface area contributed by atoms with E-state index in [2.05, 4.69) is 14.9 Å². The molecule has 162 valence electrons. The number of nitrogens with one attached hydrogen (secondary N) is 1. The average molecular weight is 420 g/mol. The third-order valence-electron chi connectivity index (χ3n) is 6.19. The van der Waals surface area contributed by atoms with Crippen LogP contribution in [0.4, 0.5) is 0 Å². The van der Waals surface area contributed by atoms with E-state index in [1.165, 1.54) is 0 Å². The zero-order valence-corrected chi connectivity index (χ0v) is 18.2. The van der Waals surface area contributed by atoms with Crippen LogP contribution in [-0.4, -0.2) is 47.4 Å².